The van der Waals surface area contributed by atoms with Gasteiger partial charge in [-0.05, 0) is 31.0 Å². The lowest BCUT2D eigenvalue weighted by molar-refractivity contribution is -0.137. The Morgan fingerprint density at radius 3 is 2.55 bits per heavy atom. The van der Waals surface area contributed by atoms with Gasteiger partial charge in [-0.25, -0.2) is 4.39 Å². The van der Waals surface area contributed by atoms with E-state index >= 15 is 0 Å². The molecule has 0 radical (unpaired) electrons. The van der Waals surface area contributed by atoms with Crippen molar-refractivity contribution in [2.75, 3.05) is 11.9 Å². The highest BCUT2D eigenvalue weighted by Crippen LogP contribution is 2.14. The highest BCUT2D eigenvalue weighted by atomic mass is 19.1. The molecule has 1 unspecified atom stereocenters. The summed E-state index contributed by atoms with van der Waals surface area (Å²) in [6.07, 6.45) is 0. The zero-order chi connectivity index (χ0) is 15.3. The summed E-state index contributed by atoms with van der Waals surface area (Å²) in [5, 5.41) is 14.6. The molecule has 1 aromatic rings. The molecule has 6 heteroatoms. The van der Waals surface area contributed by atoms with Crippen LogP contribution in [-0.4, -0.2) is 29.1 Å². The smallest absolute Gasteiger partial charge is 0.313 e. The summed E-state index contributed by atoms with van der Waals surface area (Å²) in [6, 6.07) is 5.23. The monoisotopic (exact) mass is 282 g/mol. The van der Waals surface area contributed by atoms with Crippen molar-refractivity contribution in [2.45, 2.75) is 26.4 Å². The molecule has 0 aliphatic rings. The maximum Gasteiger partial charge on any atom is 0.313 e. The third-order valence-electron chi connectivity index (χ3n) is 3.14. The normalized spacial score (nSPS) is 13.7. The molecular formula is C14H19FN2O3. The van der Waals surface area contributed by atoms with Crippen LogP contribution in [0.1, 0.15) is 20.8 Å². The van der Waals surface area contributed by atoms with Gasteiger partial charge in [0.25, 0.3) is 0 Å². The highest BCUT2D eigenvalue weighted by Gasteiger charge is 2.26. The van der Waals surface area contributed by atoms with E-state index in [2.05, 4.69) is 10.6 Å². The second kappa shape index (κ2) is 6.47. The number of aliphatic hydroxyl groups is 1. The van der Waals surface area contributed by atoms with E-state index < -0.39 is 23.2 Å². The van der Waals surface area contributed by atoms with Crippen molar-refractivity contribution in [1.82, 2.24) is 5.32 Å². The minimum atomic E-state index is -1.10. The van der Waals surface area contributed by atoms with Crippen molar-refractivity contribution < 1.29 is 19.1 Å². The maximum absolute atomic E-state index is 12.9. The van der Waals surface area contributed by atoms with Crippen molar-refractivity contribution in [3.63, 3.8) is 0 Å². The molecule has 0 aliphatic heterocycles. The van der Waals surface area contributed by atoms with Crippen LogP contribution in [0.15, 0.2) is 24.3 Å². The van der Waals surface area contributed by atoms with Crippen molar-refractivity contribution in [3.8, 4) is 0 Å². The Bertz CT molecular complexity index is 501. The maximum atomic E-state index is 12.9. The average Bonchev–Trinajstić information content (AvgIpc) is 2.35. The highest BCUT2D eigenvalue weighted by molar-refractivity contribution is 6.39. The Labute approximate surface area is 117 Å². The van der Waals surface area contributed by atoms with Crippen LogP contribution in [0.25, 0.3) is 0 Å². The van der Waals surface area contributed by atoms with Crippen LogP contribution in [0, 0.1) is 11.7 Å². The van der Waals surface area contributed by atoms with E-state index in [1.165, 1.54) is 18.2 Å². The quantitative estimate of drug-likeness (QED) is 0.728. The van der Waals surface area contributed by atoms with Gasteiger partial charge >= 0.3 is 11.8 Å². The summed E-state index contributed by atoms with van der Waals surface area (Å²) in [7, 11) is 0. The van der Waals surface area contributed by atoms with E-state index in [1.54, 1.807) is 20.8 Å². The van der Waals surface area contributed by atoms with E-state index in [0.717, 1.165) is 6.07 Å². The van der Waals surface area contributed by atoms with Crippen LogP contribution >= 0.6 is 0 Å². The van der Waals surface area contributed by atoms with Crippen molar-refractivity contribution in [2.24, 2.45) is 5.92 Å². The number of rotatable bonds is 4. The summed E-state index contributed by atoms with van der Waals surface area (Å²) in [6.45, 7) is 5.14. The average molecular weight is 282 g/mol. The molecule has 0 saturated carbocycles. The molecular weight excluding hydrogens is 263 g/mol. The lowest BCUT2D eigenvalue weighted by Crippen LogP contribution is -2.47. The third-order valence-corrected chi connectivity index (χ3v) is 3.14. The second-order valence-electron chi connectivity index (χ2n) is 5.16. The third kappa shape index (κ3) is 4.62. The molecule has 20 heavy (non-hydrogen) atoms. The van der Waals surface area contributed by atoms with Gasteiger partial charge in [-0.1, -0.05) is 19.9 Å². The standard InChI is InChI=1S/C14H19FN2O3/c1-9(2)14(3,20)8-16-12(18)13(19)17-11-6-4-5-10(15)7-11/h4-7,9,20H,8H2,1-3H3,(H,16,18)(H,17,19). The van der Waals surface area contributed by atoms with Gasteiger partial charge in [-0.15, -0.1) is 0 Å². The lowest BCUT2D eigenvalue weighted by Gasteiger charge is -2.27. The predicted molar refractivity (Wildman–Crippen MR) is 73.5 cm³/mol. The number of hydrogen-bond donors (Lipinski definition) is 3. The van der Waals surface area contributed by atoms with E-state index in [1.807, 2.05) is 0 Å². The minimum absolute atomic E-state index is 0.0416. The number of halogens is 1. The molecule has 1 atom stereocenters. The fourth-order valence-electron chi connectivity index (χ4n) is 1.30. The molecule has 0 spiro atoms. The van der Waals surface area contributed by atoms with Gasteiger partial charge in [0.2, 0.25) is 0 Å². The number of anilines is 1. The van der Waals surface area contributed by atoms with Gasteiger partial charge in [0, 0.05) is 12.2 Å². The van der Waals surface area contributed by atoms with Crippen LogP contribution in [0.3, 0.4) is 0 Å². The molecule has 0 aromatic heterocycles. The molecule has 2 amide bonds. The van der Waals surface area contributed by atoms with Crippen LogP contribution in [-0.2, 0) is 9.59 Å². The van der Waals surface area contributed by atoms with Crippen molar-refractivity contribution in [3.05, 3.63) is 30.1 Å². The molecule has 0 fully saturated rings. The Balaban J connectivity index is 2.54. The first-order valence-corrected chi connectivity index (χ1v) is 6.29. The first kappa shape index (κ1) is 16.1. The molecule has 3 N–H and O–H groups in total. The second-order valence-corrected chi connectivity index (χ2v) is 5.16. The van der Waals surface area contributed by atoms with Crippen LogP contribution in [0.5, 0.6) is 0 Å². The Hall–Kier alpha value is -1.95. The molecule has 1 rings (SSSR count). The van der Waals surface area contributed by atoms with E-state index in [0.29, 0.717) is 0 Å². The molecule has 0 heterocycles. The number of carbonyl (C=O) groups is 2. The molecule has 1 aromatic carbocycles. The van der Waals surface area contributed by atoms with Gasteiger partial charge in [0.1, 0.15) is 5.82 Å². The number of benzene rings is 1. The van der Waals surface area contributed by atoms with Crippen molar-refractivity contribution >= 4 is 17.5 Å². The summed E-state index contributed by atoms with van der Waals surface area (Å²) in [5.74, 6) is -2.37. The van der Waals surface area contributed by atoms with Gasteiger partial charge in [0.05, 0.1) is 5.60 Å². The molecule has 0 saturated heterocycles. The Morgan fingerprint density at radius 1 is 1.35 bits per heavy atom. The largest absolute Gasteiger partial charge is 0.388 e. The zero-order valence-corrected chi connectivity index (χ0v) is 11.7. The molecule has 0 aliphatic carbocycles. The van der Waals surface area contributed by atoms with Gasteiger partial charge in [-0.3, -0.25) is 9.59 Å². The fourth-order valence-corrected chi connectivity index (χ4v) is 1.30. The topological polar surface area (TPSA) is 78.4 Å². The Morgan fingerprint density at radius 2 is 2.00 bits per heavy atom. The van der Waals surface area contributed by atoms with E-state index in [-0.39, 0.29) is 18.2 Å². The van der Waals surface area contributed by atoms with E-state index in [4.69, 9.17) is 0 Å². The molecule has 110 valence electrons. The Kier molecular flexibility index (Phi) is 5.21. The molecule has 5 nitrogen and oxygen atoms in total. The van der Waals surface area contributed by atoms with Crippen LogP contribution < -0.4 is 10.6 Å². The summed E-state index contributed by atoms with van der Waals surface area (Å²) in [4.78, 5) is 23.2. The minimum Gasteiger partial charge on any atom is -0.388 e. The SMILES string of the molecule is CC(C)C(C)(O)CNC(=O)C(=O)Nc1cccc(F)c1. The van der Waals surface area contributed by atoms with Gasteiger partial charge in [0.15, 0.2) is 0 Å². The summed E-state index contributed by atoms with van der Waals surface area (Å²) < 4.78 is 12.9. The first-order valence-electron chi connectivity index (χ1n) is 6.29. The number of hydrogen-bond acceptors (Lipinski definition) is 3. The zero-order valence-electron chi connectivity index (χ0n) is 11.7. The number of nitrogens with one attached hydrogen (secondary N) is 2. The van der Waals surface area contributed by atoms with Crippen molar-refractivity contribution in [1.29, 1.82) is 0 Å². The first-order chi connectivity index (χ1) is 9.22. The summed E-state index contributed by atoms with van der Waals surface area (Å²) >= 11 is 0. The number of carbonyl (C=O) groups excluding carboxylic acids is 2. The van der Waals surface area contributed by atoms with Gasteiger partial charge in [-0.2, -0.15) is 0 Å². The van der Waals surface area contributed by atoms with Crippen LogP contribution in [0.4, 0.5) is 10.1 Å². The summed E-state index contributed by atoms with van der Waals surface area (Å²) in [5.41, 5.74) is -0.907. The number of amides is 2. The fraction of sp³-hybridized carbons (Fsp3) is 0.429. The predicted octanol–water partition coefficient (Wildman–Crippen LogP) is 1.29. The lowest BCUT2D eigenvalue weighted by atomic mass is 9.92. The van der Waals surface area contributed by atoms with Crippen LogP contribution in [0.2, 0.25) is 0 Å². The van der Waals surface area contributed by atoms with E-state index in [9.17, 15) is 19.1 Å². The molecule has 0 bridgehead atoms. The van der Waals surface area contributed by atoms with Gasteiger partial charge < -0.3 is 15.7 Å².